The van der Waals surface area contributed by atoms with E-state index in [2.05, 4.69) is 5.32 Å². The van der Waals surface area contributed by atoms with E-state index < -0.39 is 5.97 Å². The molecule has 4 nitrogen and oxygen atoms in total. The Kier molecular flexibility index (Phi) is 5.16. The van der Waals surface area contributed by atoms with Crippen molar-refractivity contribution in [3.8, 4) is 0 Å². The first-order chi connectivity index (χ1) is 10.9. The Morgan fingerprint density at radius 2 is 1.65 bits per heavy atom. The quantitative estimate of drug-likeness (QED) is 0.880. The van der Waals surface area contributed by atoms with Crippen molar-refractivity contribution >= 4 is 17.6 Å². The molecule has 0 saturated heterocycles. The summed E-state index contributed by atoms with van der Waals surface area (Å²) in [6, 6.07) is 10.8. The van der Waals surface area contributed by atoms with E-state index in [-0.39, 0.29) is 17.9 Å². The molecule has 2 rings (SSSR count). The van der Waals surface area contributed by atoms with Crippen LogP contribution in [0.4, 0.5) is 5.69 Å². The second kappa shape index (κ2) is 7.09. The zero-order chi connectivity index (χ0) is 17.0. The van der Waals surface area contributed by atoms with Crippen LogP contribution in [0.3, 0.4) is 0 Å². The lowest BCUT2D eigenvalue weighted by molar-refractivity contribution is -0.116. The largest absolute Gasteiger partial charge is 0.478 e. The molecule has 0 atom stereocenters. The van der Waals surface area contributed by atoms with Crippen LogP contribution in [0, 0.1) is 20.8 Å². The molecule has 4 heteroatoms. The highest BCUT2D eigenvalue weighted by Crippen LogP contribution is 2.22. The van der Waals surface area contributed by atoms with Crippen molar-refractivity contribution in [3.63, 3.8) is 0 Å². The molecule has 120 valence electrons. The van der Waals surface area contributed by atoms with Crippen LogP contribution in [-0.4, -0.2) is 17.0 Å². The third-order valence-corrected chi connectivity index (χ3v) is 3.81. The molecule has 23 heavy (non-hydrogen) atoms. The Morgan fingerprint density at radius 3 is 2.26 bits per heavy atom. The number of aryl methyl sites for hydroxylation is 4. The van der Waals surface area contributed by atoms with Gasteiger partial charge in [0, 0.05) is 12.1 Å². The average Bonchev–Trinajstić information content (AvgIpc) is 2.49. The molecule has 1 amide bonds. The molecule has 0 aliphatic rings. The third-order valence-electron chi connectivity index (χ3n) is 3.81. The molecule has 2 N–H and O–H groups in total. The molecular weight excluding hydrogens is 290 g/mol. The van der Waals surface area contributed by atoms with Gasteiger partial charge in [-0.15, -0.1) is 0 Å². The van der Waals surface area contributed by atoms with Crippen molar-refractivity contribution in [1.82, 2.24) is 0 Å². The molecule has 0 aromatic heterocycles. The van der Waals surface area contributed by atoms with Crippen LogP contribution in [0.25, 0.3) is 0 Å². The summed E-state index contributed by atoms with van der Waals surface area (Å²) in [5.74, 6) is -1.08. The normalized spacial score (nSPS) is 10.4. The Labute approximate surface area is 136 Å². The number of anilines is 1. The molecule has 0 unspecified atom stereocenters. The number of amides is 1. The van der Waals surface area contributed by atoms with Crippen LogP contribution in [0.15, 0.2) is 36.4 Å². The number of carboxylic acids is 1. The van der Waals surface area contributed by atoms with Gasteiger partial charge in [0.15, 0.2) is 0 Å². The van der Waals surface area contributed by atoms with Crippen molar-refractivity contribution in [3.05, 3.63) is 64.2 Å². The van der Waals surface area contributed by atoms with E-state index in [0.717, 1.165) is 22.4 Å². The van der Waals surface area contributed by atoms with E-state index in [1.54, 1.807) is 24.3 Å². The van der Waals surface area contributed by atoms with Gasteiger partial charge in [-0.05, 0) is 49.9 Å². The number of nitrogens with one attached hydrogen (secondary N) is 1. The summed E-state index contributed by atoms with van der Waals surface area (Å²) >= 11 is 0. The maximum Gasteiger partial charge on any atom is 0.335 e. The molecule has 0 heterocycles. The van der Waals surface area contributed by atoms with Gasteiger partial charge >= 0.3 is 5.97 Å². The van der Waals surface area contributed by atoms with Gasteiger partial charge in [0.05, 0.1) is 5.56 Å². The number of carbonyl (C=O) groups excluding carboxylic acids is 1. The average molecular weight is 311 g/mol. The number of carboxylic acid groups (broad SMARTS) is 1. The van der Waals surface area contributed by atoms with Crippen LogP contribution >= 0.6 is 0 Å². The summed E-state index contributed by atoms with van der Waals surface area (Å²) < 4.78 is 0. The number of hydrogen-bond donors (Lipinski definition) is 2. The van der Waals surface area contributed by atoms with E-state index >= 15 is 0 Å². The Hall–Kier alpha value is -2.62. The van der Waals surface area contributed by atoms with Crippen molar-refractivity contribution in [2.24, 2.45) is 0 Å². The van der Waals surface area contributed by atoms with Gasteiger partial charge in [0.1, 0.15) is 0 Å². The van der Waals surface area contributed by atoms with Crippen LogP contribution in [-0.2, 0) is 11.2 Å². The first-order valence-corrected chi connectivity index (χ1v) is 7.57. The monoisotopic (exact) mass is 311 g/mol. The molecule has 2 aromatic carbocycles. The summed E-state index contributed by atoms with van der Waals surface area (Å²) in [7, 11) is 0. The highest BCUT2D eigenvalue weighted by Gasteiger charge is 2.12. The predicted molar refractivity (Wildman–Crippen MR) is 91.0 cm³/mol. The number of rotatable bonds is 5. The fourth-order valence-corrected chi connectivity index (χ4v) is 2.77. The molecule has 0 aliphatic heterocycles. The SMILES string of the molecule is Cc1cc(C)c(NC(=O)CCc2ccccc2C(=O)O)c(C)c1. The topological polar surface area (TPSA) is 66.4 Å². The van der Waals surface area contributed by atoms with E-state index in [1.807, 2.05) is 32.9 Å². The summed E-state index contributed by atoms with van der Waals surface area (Å²) in [5.41, 5.74) is 4.99. The molecular formula is C19H21NO3. The van der Waals surface area contributed by atoms with Gasteiger partial charge in [-0.25, -0.2) is 4.79 Å². The molecule has 0 bridgehead atoms. The van der Waals surface area contributed by atoms with Gasteiger partial charge in [-0.3, -0.25) is 4.79 Å². The van der Waals surface area contributed by atoms with Crippen LogP contribution in [0.5, 0.6) is 0 Å². The van der Waals surface area contributed by atoms with E-state index in [4.69, 9.17) is 5.11 Å². The van der Waals surface area contributed by atoms with E-state index in [1.165, 1.54) is 0 Å². The van der Waals surface area contributed by atoms with Crippen molar-refractivity contribution in [1.29, 1.82) is 0 Å². The summed E-state index contributed by atoms with van der Waals surface area (Å²) in [5, 5.41) is 12.1. The third kappa shape index (κ3) is 4.19. The predicted octanol–water partition coefficient (Wildman–Crippen LogP) is 3.88. The second-order valence-electron chi connectivity index (χ2n) is 5.78. The van der Waals surface area contributed by atoms with E-state index in [9.17, 15) is 9.59 Å². The van der Waals surface area contributed by atoms with Gasteiger partial charge in [0.2, 0.25) is 5.91 Å². The van der Waals surface area contributed by atoms with Gasteiger partial charge in [-0.2, -0.15) is 0 Å². The zero-order valence-corrected chi connectivity index (χ0v) is 13.6. The number of hydrogen-bond acceptors (Lipinski definition) is 2. The van der Waals surface area contributed by atoms with Gasteiger partial charge < -0.3 is 10.4 Å². The minimum atomic E-state index is -0.966. The molecule has 0 aliphatic carbocycles. The molecule has 0 saturated carbocycles. The highest BCUT2D eigenvalue weighted by atomic mass is 16.4. The second-order valence-corrected chi connectivity index (χ2v) is 5.78. The maximum atomic E-state index is 12.2. The minimum Gasteiger partial charge on any atom is -0.478 e. The summed E-state index contributed by atoms with van der Waals surface area (Å²) in [4.78, 5) is 23.4. The molecule has 0 spiro atoms. The standard InChI is InChI=1S/C19H21NO3/c1-12-10-13(2)18(14(3)11-12)20-17(21)9-8-15-6-4-5-7-16(15)19(22)23/h4-7,10-11H,8-9H2,1-3H3,(H,20,21)(H,22,23). The van der Waals surface area contributed by atoms with Crippen molar-refractivity contribution in [2.75, 3.05) is 5.32 Å². The zero-order valence-electron chi connectivity index (χ0n) is 13.6. The van der Waals surface area contributed by atoms with Gasteiger partial charge in [0.25, 0.3) is 0 Å². The summed E-state index contributed by atoms with van der Waals surface area (Å²) in [6.07, 6.45) is 0.648. The first-order valence-electron chi connectivity index (χ1n) is 7.57. The Morgan fingerprint density at radius 1 is 1.04 bits per heavy atom. The lowest BCUT2D eigenvalue weighted by Crippen LogP contribution is -2.15. The van der Waals surface area contributed by atoms with Gasteiger partial charge in [-0.1, -0.05) is 35.9 Å². The molecule has 0 radical (unpaired) electrons. The number of aromatic carboxylic acids is 1. The lowest BCUT2D eigenvalue weighted by atomic mass is 10.0. The minimum absolute atomic E-state index is 0.111. The van der Waals surface area contributed by atoms with Crippen LogP contribution in [0.2, 0.25) is 0 Å². The smallest absolute Gasteiger partial charge is 0.335 e. The van der Waals surface area contributed by atoms with Crippen LogP contribution < -0.4 is 5.32 Å². The summed E-state index contributed by atoms with van der Waals surface area (Å²) in [6.45, 7) is 5.96. The highest BCUT2D eigenvalue weighted by molar-refractivity contribution is 5.93. The fraction of sp³-hybridized carbons (Fsp3) is 0.263. The lowest BCUT2D eigenvalue weighted by Gasteiger charge is -2.13. The van der Waals surface area contributed by atoms with Crippen LogP contribution in [0.1, 0.15) is 39.0 Å². The van der Waals surface area contributed by atoms with E-state index in [0.29, 0.717) is 12.0 Å². The van der Waals surface area contributed by atoms with Crippen molar-refractivity contribution in [2.45, 2.75) is 33.6 Å². The molecule has 0 fully saturated rings. The first kappa shape index (κ1) is 16.7. The maximum absolute atomic E-state index is 12.2. The fourth-order valence-electron chi connectivity index (χ4n) is 2.77. The Bertz CT molecular complexity index is 727. The Balaban J connectivity index is 2.06. The van der Waals surface area contributed by atoms with Crippen molar-refractivity contribution < 1.29 is 14.7 Å². The molecule has 2 aromatic rings. The number of carbonyl (C=O) groups is 2. The number of benzene rings is 2.